The topological polar surface area (TPSA) is 49.8 Å². The first-order valence-electron chi connectivity index (χ1n) is 6.56. The van der Waals surface area contributed by atoms with Gasteiger partial charge in [0.2, 0.25) is 0 Å². The zero-order chi connectivity index (χ0) is 14.3. The van der Waals surface area contributed by atoms with Gasteiger partial charge < -0.3 is 14.7 Å². The second kappa shape index (κ2) is 7.26. The van der Waals surface area contributed by atoms with Crippen molar-refractivity contribution >= 4 is 5.91 Å². The van der Waals surface area contributed by atoms with Crippen molar-refractivity contribution in [1.82, 2.24) is 4.90 Å². The van der Waals surface area contributed by atoms with Crippen molar-refractivity contribution in [2.45, 2.75) is 32.4 Å². The molecule has 19 heavy (non-hydrogen) atoms. The molecule has 0 aliphatic rings. The van der Waals surface area contributed by atoms with Crippen molar-refractivity contribution in [3.63, 3.8) is 0 Å². The van der Waals surface area contributed by atoms with E-state index in [9.17, 15) is 4.79 Å². The quantitative estimate of drug-likeness (QED) is 0.818. The number of amides is 1. The number of hydrogen-bond acceptors (Lipinski definition) is 3. The first-order valence-corrected chi connectivity index (χ1v) is 6.56. The van der Waals surface area contributed by atoms with Crippen molar-refractivity contribution < 1.29 is 14.6 Å². The molecule has 0 saturated carbocycles. The van der Waals surface area contributed by atoms with E-state index in [1.54, 1.807) is 18.9 Å². The maximum Gasteiger partial charge on any atom is 0.254 e. The molecule has 1 unspecified atom stereocenters. The van der Waals surface area contributed by atoms with Crippen molar-refractivity contribution in [2.24, 2.45) is 0 Å². The van der Waals surface area contributed by atoms with Gasteiger partial charge in [-0.2, -0.15) is 0 Å². The number of hydrogen-bond donors (Lipinski definition) is 1. The molecule has 0 aliphatic heterocycles. The monoisotopic (exact) mass is 265 g/mol. The van der Waals surface area contributed by atoms with Crippen LogP contribution in [-0.4, -0.2) is 41.8 Å². The highest BCUT2D eigenvalue weighted by molar-refractivity contribution is 5.84. The molecule has 1 aromatic rings. The molecule has 1 rings (SSSR count). The van der Waals surface area contributed by atoms with Gasteiger partial charge >= 0.3 is 0 Å². The second-order valence-corrected chi connectivity index (χ2v) is 4.72. The third-order valence-electron chi connectivity index (χ3n) is 3.45. The Hall–Kier alpha value is -1.39. The number of nitrogens with zero attached hydrogens (tertiary/aromatic N) is 1. The molecule has 1 atom stereocenters. The summed E-state index contributed by atoms with van der Waals surface area (Å²) in [6, 6.07) is 9.74. The Labute approximate surface area is 115 Å². The lowest BCUT2D eigenvalue weighted by Gasteiger charge is -2.32. The lowest BCUT2D eigenvalue weighted by molar-refractivity contribution is -0.154. The fourth-order valence-electron chi connectivity index (χ4n) is 1.89. The Balaban J connectivity index is 2.85. The van der Waals surface area contributed by atoms with E-state index in [0.717, 1.165) is 5.56 Å². The summed E-state index contributed by atoms with van der Waals surface area (Å²) in [4.78, 5) is 14.2. The minimum absolute atomic E-state index is 0.0535. The average molecular weight is 265 g/mol. The molecule has 1 N–H and O–H groups in total. The fraction of sp³-hybridized carbons (Fsp3) is 0.533. The van der Waals surface area contributed by atoms with E-state index in [4.69, 9.17) is 9.84 Å². The molecule has 0 heterocycles. The number of ether oxygens (including phenoxy) is 1. The summed E-state index contributed by atoms with van der Waals surface area (Å²) in [6.07, 6.45) is 0.596. The lowest BCUT2D eigenvalue weighted by Crippen LogP contribution is -2.48. The molecule has 0 aliphatic carbocycles. The summed E-state index contributed by atoms with van der Waals surface area (Å²) in [5, 5.41) is 9.14. The van der Waals surface area contributed by atoms with Crippen LogP contribution in [0.25, 0.3) is 0 Å². The first-order chi connectivity index (χ1) is 9.07. The van der Waals surface area contributed by atoms with Crippen LogP contribution < -0.4 is 0 Å². The second-order valence-electron chi connectivity index (χ2n) is 4.72. The van der Waals surface area contributed by atoms with Gasteiger partial charge in [-0.05, 0) is 18.9 Å². The standard InChI is InChI=1S/C15H23NO3/c1-4-15(2,19-3)14(18)16(10-11-17)12-13-8-6-5-7-9-13/h5-9,17H,4,10-12H2,1-3H3. The highest BCUT2D eigenvalue weighted by atomic mass is 16.5. The molecule has 0 fully saturated rings. The molecule has 0 radical (unpaired) electrons. The Morgan fingerprint density at radius 2 is 2.00 bits per heavy atom. The molecule has 4 nitrogen and oxygen atoms in total. The molecule has 0 spiro atoms. The summed E-state index contributed by atoms with van der Waals surface area (Å²) in [5.41, 5.74) is 0.211. The van der Waals surface area contributed by atoms with E-state index in [-0.39, 0.29) is 12.5 Å². The molecular weight excluding hydrogens is 242 g/mol. The van der Waals surface area contributed by atoms with Gasteiger partial charge in [0.05, 0.1) is 6.61 Å². The van der Waals surface area contributed by atoms with Gasteiger partial charge in [0, 0.05) is 20.2 Å². The zero-order valence-electron chi connectivity index (χ0n) is 11.9. The maximum atomic E-state index is 12.5. The number of rotatable bonds is 7. The Morgan fingerprint density at radius 1 is 1.37 bits per heavy atom. The molecule has 0 saturated heterocycles. The minimum atomic E-state index is -0.829. The zero-order valence-corrected chi connectivity index (χ0v) is 11.9. The van der Waals surface area contributed by atoms with Crippen LogP contribution in [0.4, 0.5) is 0 Å². The summed E-state index contributed by atoms with van der Waals surface area (Å²) in [5.74, 6) is -0.0876. The van der Waals surface area contributed by atoms with Gasteiger partial charge in [0.1, 0.15) is 5.60 Å². The van der Waals surface area contributed by atoms with E-state index in [1.807, 2.05) is 37.3 Å². The summed E-state index contributed by atoms with van der Waals surface area (Å²) in [6.45, 7) is 4.44. The molecule has 1 aromatic carbocycles. The molecule has 4 heteroatoms. The van der Waals surface area contributed by atoms with Crippen molar-refractivity contribution in [2.75, 3.05) is 20.3 Å². The van der Waals surface area contributed by atoms with E-state index >= 15 is 0 Å². The van der Waals surface area contributed by atoms with Gasteiger partial charge in [0.25, 0.3) is 5.91 Å². The van der Waals surface area contributed by atoms with Crippen LogP contribution in [0.3, 0.4) is 0 Å². The SMILES string of the molecule is CCC(C)(OC)C(=O)N(CCO)Cc1ccccc1. The van der Waals surface area contributed by atoms with E-state index in [1.165, 1.54) is 0 Å². The predicted octanol–water partition coefficient (Wildman–Crippen LogP) is 1.82. The molecular formula is C15H23NO3. The molecule has 1 amide bonds. The van der Waals surface area contributed by atoms with E-state index in [2.05, 4.69) is 0 Å². The minimum Gasteiger partial charge on any atom is -0.395 e. The third-order valence-corrected chi connectivity index (χ3v) is 3.45. The van der Waals surface area contributed by atoms with Crippen molar-refractivity contribution in [1.29, 1.82) is 0 Å². The van der Waals surface area contributed by atoms with Crippen LogP contribution in [-0.2, 0) is 16.1 Å². The summed E-state index contributed by atoms with van der Waals surface area (Å²) >= 11 is 0. The highest BCUT2D eigenvalue weighted by Gasteiger charge is 2.34. The van der Waals surface area contributed by atoms with E-state index in [0.29, 0.717) is 19.5 Å². The number of aliphatic hydroxyl groups excluding tert-OH is 1. The molecule has 106 valence electrons. The molecule has 0 aromatic heterocycles. The number of aliphatic hydroxyl groups is 1. The average Bonchev–Trinajstić information content (AvgIpc) is 2.46. The maximum absolute atomic E-state index is 12.5. The Morgan fingerprint density at radius 3 is 2.47 bits per heavy atom. The predicted molar refractivity (Wildman–Crippen MR) is 74.6 cm³/mol. The Kier molecular flexibility index (Phi) is 5.99. The van der Waals surface area contributed by atoms with Gasteiger partial charge in [-0.3, -0.25) is 4.79 Å². The van der Waals surface area contributed by atoms with Gasteiger partial charge in [-0.15, -0.1) is 0 Å². The van der Waals surface area contributed by atoms with Gasteiger partial charge in [-0.1, -0.05) is 37.3 Å². The van der Waals surface area contributed by atoms with Crippen molar-refractivity contribution in [3.05, 3.63) is 35.9 Å². The highest BCUT2D eigenvalue weighted by Crippen LogP contribution is 2.19. The Bertz CT molecular complexity index is 388. The third kappa shape index (κ3) is 4.04. The first kappa shape index (κ1) is 15.7. The van der Waals surface area contributed by atoms with Crippen LogP contribution in [0, 0.1) is 0 Å². The number of methoxy groups -OCH3 is 1. The van der Waals surface area contributed by atoms with Crippen LogP contribution in [0.5, 0.6) is 0 Å². The number of carbonyl (C=O) groups is 1. The van der Waals surface area contributed by atoms with Gasteiger partial charge in [-0.25, -0.2) is 0 Å². The van der Waals surface area contributed by atoms with Crippen LogP contribution in [0.1, 0.15) is 25.8 Å². The van der Waals surface area contributed by atoms with Crippen molar-refractivity contribution in [3.8, 4) is 0 Å². The fourth-order valence-corrected chi connectivity index (χ4v) is 1.89. The lowest BCUT2D eigenvalue weighted by atomic mass is 10.0. The smallest absolute Gasteiger partial charge is 0.254 e. The largest absolute Gasteiger partial charge is 0.395 e. The summed E-state index contributed by atoms with van der Waals surface area (Å²) < 4.78 is 5.34. The van der Waals surface area contributed by atoms with Crippen LogP contribution in [0.2, 0.25) is 0 Å². The molecule has 0 bridgehead atoms. The number of benzene rings is 1. The van der Waals surface area contributed by atoms with Gasteiger partial charge in [0.15, 0.2) is 0 Å². The summed E-state index contributed by atoms with van der Waals surface area (Å²) in [7, 11) is 1.54. The van der Waals surface area contributed by atoms with E-state index < -0.39 is 5.60 Å². The van der Waals surface area contributed by atoms with Crippen LogP contribution in [0.15, 0.2) is 30.3 Å². The van der Waals surface area contributed by atoms with Crippen LogP contribution >= 0.6 is 0 Å². The number of carbonyl (C=O) groups excluding carboxylic acids is 1. The normalized spacial score (nSPS) is 13.9.